The molecule has 0 saturated carbocycles. The summed E-state index contributed by atoms with van der Waals surface area (Å²) in [5.74, 6) is 0. The van der Waals surface area contributed by atoms with Crippen molar-refractivity contribution < 1.29 is 0 Å². The molecule has 2 heterocycles. The Morgan fingerprint density at radius 2 is 2.56 bits per heavy atom. The molecule has 0 aliphatic carbocycles. The Morgan fingerprint density at radius 1 is 1.56 bits per heavy atom. The molecule has 0 amide bonds. The molecule has 1 nitrogen and oxygen atoms in total. The molecule has 0 atom stereocenters. The van der Waals surface area contributed by atoms with E-state index in [4.69, 9.17) is 0 Å². The molecule has 9 heavy (non-hydrogen) atoms. The van der Waals surface area contributed by atoms with Gasteiger partial charge in [-0.3, -0.25) is 4.98 Å². The maximum Gasteiger partial charge on any atom is 0.0815 e. The predicted octanol–water partition coefficient (Wildman–Crippen LogP) is 2.10. The highest BCUT2D eigenvalue weighted by molar-refractivity contribution is 7.17. The summed E-state index contributed by atoms with van der Waals surface area (Å²) in [4.78, 5) is 4.12. The van der Waals surface area contributed by atoms with Crippen molar-refractivity contribution in [2.75, 3.05) is 0 Å². The third kappa shape index (κ3) is 0.715. The predicted molar refractivity (Wildman–Crippen MR) is 38.5 cm³/mol. The smallest absolute Gasteiger partial charge is 0.0815 e. The number of thiophene rings is 1. The highest BCUT2D eigenvalue weighted by atomic mass is 32.1. The van der Waals surface area contributed by atoms with Crippen LogP contribution < -0.4 is 0 Å². The minimum absolute atomic E-state index is 1.04. The summed E-state index contributed by atoms with van der Waals surface area (Å²) >= 11 is 1.67. The minimum atomic E-state index is 1.04. The molecule has 0 saturated heterocycles. The van der Waals surface area contributed by atoms with Crippen molar-refractivity contribution in [3.8, 4) is 0 Å². The third-order valence-electron chi connectivity index (χ3n) is 1.15. The third-order valence-corrected chi connectivity index (χ3v) is 1.98. The van der Waals surface area contributed by atoms with Crippen molar-refractivity contribution in [1.29, 1.82) is 0 Å². The summed E-state index contributed by atoms with van der Waals surface area (Å²) in [6.07, 6.45) is 1.76. The number of rotatable bonds is 0. The first kappa shape index (κ1) is 4.94. The molecule has 2 aromatic heterocycles. The molecule has 0 aliphatic rings. The van der Waals surface area contributed by atoms with E-state index in [2.05, 4.69) is 11.1 Å². The average molecular weight is 134 g/mol. The fraction of sp³-hybridized carbons (Fsp3) is 0. The van der Waals surface area contributed by atoms with E-state index in [-0.39, 0.29) is 0 Å². The van der Waals surface area contributed by atoms with Crippen LogP contribution in [0.25, 0.3) is 10.2 Å². The van der Waals surface area contributed by atoms with E-state index in [0.717, 1.165) is 10.2 Å². The SMILES string of the molecule is [c]1ccnc2ccsc12. The molecular weight excluding hydrogens is 130 g/mol. The molecule has 0 unspecified atom stereocenters. The van der Waals surface area contributed by atoms with Crippen molar-refractivity contribution in [2.24, 2.45) is 0 Å². The van der Waals surface area contributed by atoms with Crippen LogP contribution in [-0.2, 0) is 0 Å². The van der Waals surface area contributed by atoms with Gasteiger partial charge < -0.3 is 0 Å². The summed E-state index contributed by atoms with van der Waals surface area (Å²) in [5.41, 5.74) is 1.04. The van der Waals surface area contributed by atoms with Gasteiger partial charge in [-0.2, -0.15) is 0 Å². The van der Waals surface area contributed by atoms with Crippen LogP contribution in [0.2, 0.25) is 0 Å². The Kier molecular flexibility index (Phi) is 0.993. The Labute approximate surface area is 57.0 Å². The van der Waals surface area contributed by atoms with E-state index < -0.39 is 0 Å². The fourth-order valence-electron chi connectivity index (χ4n) is 0.743. The molecule has 2 heteroatoms. The molecule has 0 N–H and O–H groups in total. The molecule has 0 aromatic carbocycles. The second kappa shape index (κ2) is 1.81. The maximum atomic E-state index is 4.12. The lowest BCUT2D eigenvalue weighted by molar-refractivity contribution is 1.43. The Bertz CT molecular complexity index is 283. The van der Waals surface area contributed by atoms with Crippen molar-refractivity contribution in [3.05, 3.63) is 29.8 Å². The largest absolute Gasteiger partial charge is 0.255 e. The van der Waals surface area contributed by atoms with Crippen LogP contribution in [0, 0.1) is 6.07 Å². The van der Waals surface area contributed by atoms with E-state index in [0.29, 0.717) is 0 Å². The number of hydrogen-bond donors (Lipinski definition) is 0. The van der Waals surface area contributed by atoms with Gasteiger partial charge in [-0.25, -0.2) is 0 Å². The highest BCUT2D eigenvalue weighted by Crippen LogP contribution is 2.15. The van der Waals surface area contributed by atoms with E-state index in [1.807, 2.05) is 17.5 Å². The van der Waals surface area contributed by atoms with Gasteiger partial charge in [0.05, 0.1) is 10.2 Å². The Hall–Kier alpha value is -0.890. The van der Waals surface area contributed by atoms with E-state index in [1.165, 1.54) is 0 Å². The van der Waals surface area contributed by atoms with Gasteiger partial charge >= 0.3 is 0 Å². The van der Waals surface area contributed by atoms with Gasteiger partial charge in [0.2, 0.25) is 0 Å². The quantitative estimate of drug-likeness (QED) is 0.537. The van der Waals surface area contributed by atoms with Gasteiger partial charge in [0.25, 0.3) is 0 Å². The van der Waals surface area contributed by atoms with E-state index in [1.54, 1.807) is 17.5 Å². The van der Waals surface area contributed by atoms with Crippen molar-refractivity contribution >= 4 is 21.6 Å². The maximum absolute atomic E-state index is 4.12. The number of pyridine rings is 1. The van der Waals surface area contributed by atoms with E-state index in [9.17, 15) is 0 Å². The molecule has 0 aliphatic heterocycles. The first-order chi connectivity index (χ1) is 4.47. The van der Waals surface area contributed by atoms with Gasteiger partial charge in [0, 0.05) is 12.3 Å². The first-order valence-corrected chi connectivity index (χ1v) is 3.55. The van der Waals surface area contributed by atoms with Crippen LogP contribution in [0.4, 0.5) is 0 Å². The first-order valence-electron chi connectivity index (χ1n) is 2.67. The summed E-state index contributed by atoms with van der Waals surface area (Å²) in [6.45, 7) is 0. The minimum Gasteiger partial charge on any atom is -0.255 e. The van der Waals surface area contributed by atoms with Crippen LogP contribution in [-0.4, -0.2) is 4.98 Å². The van der Waals surface area contributed by atoms with Crippen molar-refractivity contribution in [1.82, 2.24) is 4.98 Å². The number of nitrogens with zero attached hydrogens (tertiary/aromatic N) is 1. The van der Waals surface area contributed by atoms with Gasteiger partial charge in [-0.05, 0) is 17.5 Å². The summed E-state index contributed by atoms with van der Waals surface area (Å²) in [6, 6.07) is 6.92. The van der Waals surface area contributed by atoms with Gasteiger partial charge in [-0.15, -0.1) is 11.3 Å². The van der Waals surface area contributed by atoms with Crippen LogP contribution in [0.3, 0.4) is 0 Å². The Balaban J connectivity index is 2.95. The monoisotopic (exact) mass is 134 g/mol. The number of hydrogen-bond acceptors (Lipinski definition) is 2. The summed E-state index contributed by atoms with van der Waals surface area (Å²) < 4.78 is 1.14. The lowest BCUT2D eigenvalue weighted by Gasteiger charge is -1.80. The second-order valence-corrected chi connectivity index (χ2v) is 2.64. The molecule has 2 rings (SSSR count). The topological polar surface area (TPSA) is 12.9 Å². The van der Waals surface area contributed by atoms with Crippen LogP contribution in [0.15, 0.2) is 23.7 Å². The second-order valence-electron chi connectivity index (χ2n) is 1.72. The van der Waals surface area contributed by atoms with Crippen molar-refractivity contribution in [3.63, 3.8) is 0 Å². The standard InChI is InChI=1S/C7H4NS/c1-2-7-6(8-4-1)3-5-9-7/h1,3-5H. The molecule has 0 spiro atoms. The lowest BCUT2D eigenvalue weighted by Crippen LogP contribution is -1.66. The zero-order valence-electron chi connectivity index (χ0n) is 4.66. The molecule has 0 bridgehead atoms. The molecule has 0 fully saturated rings. The molecular formula is C7H4NS. The molecule has 43 valence electrons. The normalized spacial score (nSPS) is 10.2. The molecule has 1 radical (unpaired) electrons. The summed E-state index contributed by atoms with van der Waals surface area (Å²) in [7, 11) is 0. The van der Waals surface area contributed by atoms with Crippen LogP contribution >= 0.6 is 11.3 Å². The average Bonchev–Trinajstić information content (AvgIpc) is 2.33. The van der Waals surface area contributed by atoms with Crippen LogP contribution in [0.1, 0.15) is 0 Å². The van der Waals surface area contributed by atoms with Gasteiger partial charge in [0.1, 0.15) is 0 Å². The van der Waals surface area contributed by atoms with Crippen LogP contribution in [0.5, 0.6) is 0 Å². The number of fused-ring (bicyclic) bond motifs is 1. The van der Waals surface area contributed by atoms with Crippen molar-refractivity contribution in [2.45, 2.75) is 0 Å². The Morgan fingerprint density at radius 3 is 3.44 bits per heavy atom. The van der Waals surface area contributed by atoms with Gasteiger partial charge in [0.15, 0.2) is 0 Å². The zero-order valence-corrected chi connectivity index (χ0v) is 5.48. The summed E-state index contributed by atoms with van der Waals surface area (Å²) in [5, 5.41) is 2.02. The zero-order chi connectivity index (χ0) is 6.10. The fourth-order valence-corrected chi connectivity index (χ4v) is 1.45. The van der Waals surface area contributed by atoms with E-state index >= 15 is 0 Å². The molecule has 2 aromatic rings. The number of aromatic nitrogens is 1. The lowest BCUT2D eigenvalue weighted by atomic mass is 10.4. The highest BCUT2D eigenvalue weighted by Gasteiger charge is 1.90. The van der Waals surface area contributed by atoms with Gasteiger partial charge in [-0.1, -0.05) is 0 Å².